The molecule has 0 aliphatic heterocycles. The van der Waals surface area contributed by atoms with Gasteiger partial charge in [0.15, 0.2) is 0 Å². The van der Waals surface area contributed by atoms with E-state index in [-0.39, 0.29) is 24.5 Å². The van der Waals surface area contributed by atoms with E-state index in [1.807, 2.05) is 19.9 Å². The zero-order valence-electron chi connectivity index (χ0n) is 12.7. The molecule has 0 heterocycles. The minimum absolute atomic E-state index is 0.0626. The Morgan fingerprint density at radius 3 is 2.55 bits per heavy atom. The molecule has 112 valence electrons. The number of benzene rings is 1. The quantitative estimate of drug-likeness (QED) is 0.806. The van der Waals surface area contributed by atoms with Crippen LogP contribution in [0.15, 0.2) is 24.3 Å². The summed E-state index contributed by atoms with van der Waals surface area (Å²) in [7, 11) is 0. The topological polar surface area (TPSA) is 58.6 Å². The molecular formula is C16H25NO3. The van der Waals surface area contributed by atoms with E-state index in [0.29, 0.717) is 23.8 Å². The molecule has 2 N–H and O–H groups in total. The van der Waals surface area contributed by atoms with Crippen LogP contribution in [0.3, 0.4) is 0 Å². The van der Waals surface area contributed by atoms with Crippen molar-refractivity contribution < 1.29 is 14.6 Å². The lowest BCUT2D eigenvalue weighted by molar-refractivity contribution is 0.0896. The van der Waals surface area contributed by atoms with Crippen LogP contribution in [-0.4, -0.2) is 30.3 Å². The predicted octanol–water partition coefficient (Wildman–Crippen LogP) is 2.47. The van der Waals surface area contributed by atoms with Crippen LogP contribution in [0.1, 0.15) is 38.1 Å². The van der Waals surface area contributed by atoms with E-state index in [1.165, 1.54) is 0 Å². The van der Waals surface area contributed by atoms with Crippen LogP contribution >= 0.6 is 0 Å². The highest BCUT2D eigenvalue weighted by molar-refractivity contribution is 5.94. The summed E-state index contributed by atoms with van der Waals surface area (Å²) in [6.07, 6.45) is 0. The van der Waals surface area contributed by atoms with Gasteiger partial charge in [0.1, 0.15) is 5.75 Å². The smallest absolute Gasteiger partial charge is 0.251 e. The van der Waals surface area contributed by atoms with Crippen molar-refractivity contribution >= 4 is 5.91 Å². The number of aliphatic hydroxyl groups excluding tert-OH is 1. The first kappa shape index (κ1) is 16.5. The summed E-state index contributed by atoms with van der Waals surface area (Å²) in [5, 5.41) is 12.1. The molecule has 1 unspecified atom stereocenters. The van der Waals surface area contributed by atoms with E-state index < -0.39 is 0 Å². The van der Waals surface area contributed by atoms with Gasteiger partial charge in [0.25, 0.3) is 5.91 Å². The fourth-order valence-corrected chi connectivity index (χ4v) is 1.66. The lowest BCUT2D eigenvalue weighted by Crippen LogP contribution is -2.41. The third-order valence-corrected chi connectivity index (χ3v) is 3.00. The molecule has 1 atom stereocenters. The van der Waals surface area contributed by atoms with Gasteiger partial charge in [0, 0.05) is 5.56 Å². The Morgan fingerprint density at radius 2 is 2.00 bits per heavy atom. The van der Waals surface area contributed by atoms with Crippen LogP contribution in [-0.2, 0) is 0 Å². The molecule has 1 rings (SSSR count). The summed E-state index contributed by atoms with van der Waals surface area (Å²) in [4.78, 5) is 12.1. The molecule has 0 radical (unpaired) electrons. The van der Waals surface area contributed by atoms with Crippen LogP contribution in [0.5, 0.6) is 5.75 Å². The third-order valence-electron chi connectivity index (χ3n) is 3.00. The first-order valence-electron chi connectivity index (χ1n) is 7.08. The molecule has 4 nitrogen and oxygen atoms in total. The first-order chi connectivity index (χ1) is 9.43. The van der Waals surface area contributed by atoms with Crippen LogP contribution in [0.4, 0.5) is 0 Å². The average Bonchev–Trinajstić information content (AvgIpc) is 2.42. The Kier molecular flexibility index (Phi) is 6.52. The molecule has 0 saturated carbocycles. The molecule has 0 bridgehead atoms. The zero-order valence-corrected chi connectivity index (χ0v) is 12.7. The van der Waals surface area contributed by atoms with Gasteiger partial charge in [0.05, 0.1) is 19.3 Å². The Hall–Kier alpha value is -1.55. The van der Waals surface area contributed by atoms with Crippen LogP contribution in [0, 0.1) is 11.8 Å². The van der Waals surface area contributed by atoms with Gasteiger partial charge in [-0.3, -0.25) is 4.79 Å². The van der Waals surface area contributed by atoms with Crippen molar-refractivity contribution in [3.8, 4) is 5.75 Å². The number of amides is 1. The van der Waals surface area contributed by atoms with E-state index in [0.717, 1.165) is 0 Å². The maximum atomic E-state index is 12.1. The number of hydrogen-bond acceptors (Lipinski definition) is 3. The van der Waals surface area contributed by atoms with E-state index in [9.17, 15) is 9.90 Å². The molecule has 0 spiro atoms. The maximum Gasteiger partial charge on any atom is 0.251 e. The number of rotatable bonds is 7. The highest BCUT2D eigenvalue weighted by Gasteiger charge is 2.16. The van der Waals surface area contributed by atoms with Gasteiger partial charge in [-0.2, -0.15) is 0 Å². The molecule has 1 aromatic carbocycles. The summed E-state index contributed by atoms with van der Waals surface area (Å²) in [5.74, 6) is 1.13. The first-order valence-corrected chi connectivity index (χ1v) is 7.08. The second kappa shape index (κ2) is 7.90. The van der Waals surface area contributed by atoms with Gasteiger partial charge < -0.3 is 15.2 Å². The van der Waals surface area contributed by atoms with Crippen molar-refractivity contribution in [3.63, 3.8) is 0 Å². The lowest BCUT2D eigenvalue weighted by atomic mass is 10.0. The van der Waals surface area contributed by atoms with Crippen molar-refractivity contribution in [1.29, 1.82) is 0 Å². The van der Waals surface area contributed by atoms with Gasteiger partial charge in [0.2, 0.25) is 0 Å². The molecule has 1 amide bonds. The highest BCUT2D eigenvalue weighted by Crippen LogP contribution is 2.15. The average molecular weight is 279 g/mol. The molecule has 4 heteroatoms. The van der Waals surface area contributed by atoms with Crippen LogP contribution < -0.4 is 10.1 Å². The summed E-state index contributed by atoms with van der Waals surface area (Å²) in [6.45, 7) is 8.63. The standard InChI is InChI=1S/C16H25NO3/c1-11(2)10-20-14-7-5-6-13(8-14)16(19)17-15(9-18)12(3)4/h5-8,11-12,15,18H,9-10H2,1-4H3,(H,17,19). The Labute approximate surface area is 121 Å². The highest BCUT2D eigenvalue weighted by atomic mass is 16.5. The van der Waals surface area contributed by atoms with Crippen molar-refractivity contribution in [2.24, 2.45) is 11.8 Å². The Bertz CT molecular complexity index is 429. The number of nitrogens with one attached hydrogen (secondary N) is 1. The zero-order chi connectivity index (χ0) is 15.1. The van der Waals surface area contributed by atoms with Crippen molar-refractivity contribution in [3.05, 3.63) is 29.8 Å². The number of ether oxygens (including phenoxy) is 1. The van der Waals surface area contributed by atoms with Gasteiger partial charge in [-0.1, -0.05) is 33.8 Å². The molecule has 1 aromatic rings. The van der Waals surface area contributed by atoms with E-state index >= 15 is 0 Å². The van der Waals surface area contributed by atoms with Crippen LogP contribution in [0.25, 0.3) is 0 Å². The number of aliphatic hydroxyl groups is 1. The Balaban J connectivity index is 2.70. The lowest BCUT2D eigenvalue weighted by Gasteiger charge is -2.20. The number of hydrogen-bond donors (Lipinski definition) is 2. The maximum absolute atomic E-state index is 12.1. The normalized spacial score (nSPS) is 12.6. The summed E-state index contributed by atoms with van der Waals surface area (Å²) in [5.41, 5.74) is 0.547. The fourth-order valence-electron chi connectivity index (χ4n) is 1.66. The number of carbonyl (C=O) groups is 1. The van der Waals surface area contributed by atoms with Crippen molar-refractivity contribution in [2.45, 2.75) is 33.7 Å². The van der Waals surface area contributed by atoms with E-state index in [4.69, 9.17) is 4.74 Å². The van der Waals surface area contributed by atoms with Crippen molar-refractivity contribution in [1.82, 2.24) is 5.32 Å². The molecule has 0 fully saturated rings. The minimum atomic E-state index is -0.234. The monoisotopic (exact) mass is 279 g/mol. The second-order valence-electron chi connectivity index (χ2n) is 5.74. The summed E-state index contributed by atoms with van der Waals surface area (Å²) >= 11 is 0. The third kappa shape index (κ3) is 5.21. The van der Waals surface area contributed by atoms with E-state index in [1.54, 1.807) is 18.2 Å². The van der Waals surface area contributed by atoms with Crippen molar-refractivity contribution in [2.75, 3.05) is 13.2 Å². The summed E-state index contributed by atoms with van der Waals surface area (Å²) in [6, 6.07) is 6.88. The molecule has 0 aliphatic rings. The fraction of sp³-hybridized carbons (Fsp3) is 0.562. The van der Waals surface area contributed by atoms with Gasteiger partial charge in [-0.05, 0) is 30.0 Å². The van der Waals surface area contributed by atoms with E-state index in [2.05, 4.69) is 19.2 Å². The van der Waals surface area contributed by atoms with Crippen LogP contribution in [0.2, 0.25) is 0 Å². The predicted molar refractivity (Wildman–Crippen MR) is 80.0 cm³/mol. The molecule has 0 saturated heterocycles. The molecule has 0 aromatic heterocycles. The minimum Gasteiger partial charge on any atom is -0.493 e. The Morgan fingerprint density at radius 1 is 1.30 bits per heavy atom. The molecular weight excluding hydrogens is 254 g/mol. The number of carbonyl (C=O) groups excluding carboxylic acids is 1. The van der Waals surface area contributed by atoms with Gasteiger partial charge >= 0.3 is 0 Å². The SMILES string of the molecule is CC(C)COc1cccc(C(=O)NC(CO)C(C)C)c1. The molecule has 20 heavy (non-hydrogen) atoms. The second-order valence-corrected chi connectivity index (χ2v) is 5.74. The largest absolute Gasteiger partial charge is 0.493 e. The summed E-state index contributed by atoms with van der Waals surface area (Å²) < 4.78 is 5.61. The van der Waals surface area contributed by atoms with Gasteiger partial charge in [-0.25, -0.2) is 0 Å². The van der Waals surface area contributed by atoms with Gasteiger partial charge in [-0.15, -0.1) is 0 Å². The molecule has 0 aliphatic carbocycles.